The van der Waals surface area contributed by atoms with Gasteiger partial charge in [0, 0.05) is 23.6 Å². The first-order valence-electron chi connectivity index (χ1n) is 10.0. The molecule has 0 atom stereocenters. The predicted molar refractivity (Wildman–Crippen MR) is 121 cm³/mol. The highest BCUT2D eigenvalue weighted by atomic mass is 35.5. The number of carbonyl (C=O) groups is 2. The molecule has 184 valence electrons. The number of nitrogens with zero attached hydrogens (tertiary/aromatic N) is 2. The molecule has 13 heteroatoms. The Labute approximate surface area is 202 Å². The minimum absolute atomic E-state index is 0.0789. The van der Waals surface area contributed by atoms with E-state index in [2.05, 4.69) is 26.1 Å². The Morgan fingerprint density at radius 2 is 1.86 bits per heavy atom. The van der Waals surface area contributed by atoms with Crippen molar-refractivity contribution in [2.45, 2.75) is 20.0 Å². The summed E-state index contributed by atoms with van der Waals surface area (Å²) in [5.74, 6) is -0.334. The van der Waals surface area contributed by atoms with Gasteiger partial charge in [0.1, 0.15) is 5.75 Å². The Balaban J connectivity index is 1.66. The second kappa shape index (κ2) is 11.0. The van der Waals surface area contributed by atoms with Crippen LogP contribution in [0, 0.1) is 6.92 Å². The Bertz CT molecular complexity index is 1240. The molecule has 1 heterocycles. The van der Waals surface area contributed by atoms with Gasteiger partial charge in [-0.2, -0.15) is 18.2 Å². The van der Waals surface area contributed by atoms with E-state index in [0.717, 1.165) is 12.1 Å². The lowest BCUT2D eigenvalue weighted by Crippen LogP contribution is -2.25. The average molecular weight is 510 g/mol. The number of alkyl halides is 3. The summed E-state index contributed by atoms with van der Waals surface area (Å²) in [5, 5.41) is 4.42. The SMILES string of the molecule is CCONC(=O)c1nccc(Oc2ccc(NC(=O)Nc3ccc(Cl)c(C(F)(F)F)c3)c(C)c2)n1. The highest BCUT2D eigenvalue weighted by molar-refractivity contribution is 6.31. The maximum atomic E-state index is 13.0. The Morgan fingerprint density at radius 3 is 2.54 bits per heavy atom. The molecule has 3 N–H and O–H groups in total. The number of rotatable bonds is 7. The number of aryl methyl sites for hydroxylation is 1. The molecular weight excluding hydrogens is 491 g/mol. The van der Waals surface area contributed by atoms with E-state index in [4.69, 9.17) is 21.2 Å². The van der Waals surface area contributed by atoms with E-state index >= 15 is 0 Å². The number of carbonyl (C=O) groups excluding carboxylic acids is 2. The van der Waals surface area contributed by atoms with E-state index in [0.29, 0.717) is 17.0 Å². The summed E-state index contributed by atoms with van der Waals surface area (Å²) in [6.07, 6.45) is -3.31. The first-order valence-corrected chi connectivity index (χ1v) is 10.4. The number of urea groups is 1. The first kappa shape index (κ1) is 25.7. The summed E-state index contributed by atoms with van der Waals surface area (Å²) >= 11 is 5.59. The molecule has 3 rings (SSSR count). The second-order valence-electron chi connectivity index (χ2n) is 6.93. The maximum Gasteiger partial charge on any atom is 0.417 e. The van der Waals surface area contributed by atoms with Gasteiger partial charge in [-0.1, -0.05) is 11.6 Å². The summed E-state index contributed by atoms with van der Waals surface area (Å²) < 4.78 is 44.7. The van der Waals surface area contributed by atoms with Crippen LogP contribution in [0.25, 0.3) is 0 Å². The van der Waals surface area contributed by atoms with E-state index in [1.807, 2.05) is 0 Å². The van der Waals surface area contributed by atoms with Gasteiger partial charge >= 0.3 is 18.1 Å². The highest BCUT2D eigenvalue weighted by Gasteiger charge is 2.33. The van der Waals surface area contributed by atoms with E-state index in [-0.39, 0.29) is 24.0 Å². The molecule has 0 aliphatic carbocycles. The molecular formula is C22H19ClF3N5O4. The molecule has 1 aromatic heterocycles. The zero-order valence-electron chi connectivity index (χ0n) is 18.4. The van der Waals surface area contributed by atoms with Gasteiger partial charge < -0.3 is 15.4 Å². The van der Waals surface area contributed by atoms with Crippen LogP contribution in [0.4, 0.5) is 29.3 Å². The fourth-order valence-electron chi connectivity index (χ4n) is 2.76. The Morgan fingerprint density at radius 1 is 1.09 bits per heavy atom. The number of amides is 3. The van der Waals surface area contributed by atoms with Crippen LogP contribution < -0.4 is 20.9 Å². The number of hydrogen-bond donors (Lipinski definition) is 3. The minimum atomic E-state index is -4.66. The van der Waals surface area contributed by atoms with Crippen LogP contribution >= 0.6 is 11.6 Å². The number of anilines is 2. The van der Waals surface area contributed by atoms with Crippen LogP contribution in [0.2, 0.25) is 5.02 Å². The van der Waals surface area contributed by atoms with Crippen LogP contribution in [-0.4, -0.2) is 28.5 Å². The third-order valence-corrected chi connectivity index (χ3v) is 4.67. The van der Waals surface area contributed by atoms with E-state index in [1.165, 1.54) is 30.5 Å². The van der Waals surface area contributed by atoms with Crippen LogP contribution in [0.15, 0.2) is 48.7 Å². The monoisotopic (exact) mass is 509 g/mol. The largest absolute Gasteiger partial charge is 0.439 e. The number of ether oxygens (including phenoxy) is 1. The summed E-state index contributed by atoms with van der Waals surface area (Å²) in [6, 6.07) is 8.43. The van der Waals surface area contributed by atoms with Crippen molar-refractivity contribution in [3.05, 3.63) is 70.6 Å². The van der Waals surface area contributed by atoms with Crippen LogP contribution in [-0.2, 0) is 11.0 Å². The lowest BCUT2D eigenvalue weighted by molar-refractivity contribution is -0.137. The van der Waals surface area contributed by atoms with Gasteiger partial charge in [0.05, 0.1) is 17.2 Å². The van der Waals surface area contributed by atoms with Crippen LogP contribution in [0.3, 0.4) is 0 Å². The third kappa shape index (κ3) is 7.04. The first-order chi connectivity index (χ1) is 16.6. The fraction of sp³-hybridized carbons (Fsp3) is 0.182. The maximum absolute atomic E-state index is 13.0. The van der Waals surface area contributed by atoms with Crippen molar-refractivity contribution in [1.29, 1.82) is 0 Å². The van der Waals surface area contributed by atoms with Crippen molar-refractivity contribution in [3.63, 3.8) is 0 Å². The molecule has 0 aliphatic heterocycles. The van der Waals surface area contributed by atoms with Crippen LogP contribution in [0.5, 0.6) is 11.6 Å². The lowest BCUT2D eigenvalue weighted by atomic mass is 10.2. The summed E-state index contributed by atoms with van der Waals surface area (Å²) in [6.45, 7) is 3.66. The molecule has 0 aliphatic rings. The molecule has 35 heavy (non-hydrogen) atoms. The van der Waals surface area contributed by atoms with Gasteiger partial charge in [-0.15, -0.1) is 0 Å². The van der Waals surface area contributed by atoms with Crippen molar-refractivity contribution in [3.8, 4) is 11.6 Å². The summed E-state index contributed by atoms with van der Waals surface area (Å²) in [5.41, 5.74) is 2.02. The Hall–Kier alpha value is -3.90. The minimum Gasteiger partial charge on any atom is -0.439 e. The number of hydrogen-bond acceptors (Lipinski definition) is 6. The lowest BCUT2D eigenvalue weighted by Gasteiger charge is -2.14. The zero-order valence-corrected chi connectivity index (χ0v) is 19.1. The molecule has 0 saturated heterocycles. The van der Waals surface area contributed by atoms with Gasteiger partial charge in [-0.25, -0.2) is 15.3 Å². The van der Waals surface area contributed by atoms with Crippen molar-refractivity contribution in [2.75, 3.05) is 17.2 Å². The van der Waals surface area contributed by atoms with Crippen molar-refractivity contribution >= 4 is 34.9 Å². The zero-order chi connectivity index (χ0) is 25.6. The molecule has 2 aromatic carbocycles. The smallest absolute Gasteiger partial charge is 0.417 e. The topological polar surface area (TPSA) is 114 Å². The molecule has 3 aromatic rings. The second-order valence-corrected chi connectivity index (χ2v) is 7.34. The molecule has 0 spiro atoms. The highest BCUT2D eigenvalue weighted by Crippen LogP contribution is 2.36. The molecule has 3 amide bonds. The van der Waals surface area contributed by atoms with E-state index < -0.39 is 28.7 Å². The normalized spacial score (nSPS) is 11.0. The van der Waals surface area contributed by atoms with Gasteiger partial charge in [0.15, 0.2) is 0 Å². The molecule has 0 saturated carbocycles. The van der Waals surface area contributed by atoms with E-state index in [9.17, 15) is 22.8 Å². The van der Waals surface area contributed by atoms with Gasteiger partial charge in [-0.05, 0) is 55.8 Å². The van der Waals surface area contributed by atoms with Gasteiger partial charge in [-0.3, -0.25) is 9.63 Å². The number of aromatic nitrogens is 2. The van der Waals surface area contributed by atoms with Crippen molar-refractivity contribution in [1.82, 2.24) is 15.4 Å². The summed E-state index contributed by atoms with van der Waals surface area (Å²) in [4.78, 5) is 36.9. The number of benzene rings is 2. The molecule has 0 unspecified atom stereocenters. The van der Waals surface area contributed by atoms with E-state index in [1.54, 1.807) is 19.9 Å². The predicted octanol–water partition coefficient (Wildman–Crippen LogP) is 5.57. The third-order valence-electron chi connectivity index (χ3n) is 4.34. The molecule has 0 bridgehead atoms. The standard InChI is InChI=1S/C22H19ClF3N5O4/c1-3-34-31-20(32)19-27-9-8-18(30-19)35-14-5-7-17(12(2)10-14)29-21(33)28-13-4-6-16(23)15(11-13)22(24,25)26/h4-11H,3H2,1-2H3,(H,31,32)(H2,28,29,33). The number of nitrogens with one attached hydrogen (secondary N) is 3. The Kier molecular flexibility index (Phi) is 8.10. The average Bonchev–Trinajstić information content (AvgIpc) is 2.80. The van der Waals surface area contributed by atoms with Crippen molar-refractivity contribution in [2.24, 2.45) is 0 Å². The van der Waals surface area contributed by atoms with Crippen molar-refractivity contribution < 1.29 is 32.3 Å². The fourth-order valence-corrected chi connectivity index (χ4v) is 2.98. The molecule has 0 fully saturated rings. The van der Waals surface area contributed by atoms with Crippen LogP contribution in [0.1, 0.15) is 28.7 Å². The van der Waals surface area contributed by atoms with Gasteiger partial charge in [0.25, 0.3) is 0 Å². The number of halogens is 4. The summed E-state index contributed by atoms with van der Waals surface area (Å²) in [7, 11) is 0. The molecule has 9 nitrogen and oxygen atoms in total. The van der Waals surface area contributed by atoms with Gasteiger partial charge in [0.2, 0.25) is 11.7 Å². The molecule has 0 radical (unpaired) electrons. The quantitative estimate of drug-likeness (QED) is 0.358. The number of hydroxylamine groups is 1.